The highest BCUT2D eigenvalue weighted by atomic mass is 16.7. The van der Waals surface area contributed by atoms with Gasteiger partial charge in [-0.1, -0.05) is 18.2 Å². The largest absolute Gasteiger partial charge is 0.493 e. The number of carbonyl (C=O) groups excluding carboxylic acids is 1. The third-order valence-electron chi connectivity index (χ3n) is 5.67. The lowest BCUT2D eigenvalue weighted by Gasteiger charge is -2.36. The van der Waals surface area contributed by atoms with Crippen LogP contribution < -0.4 is 9.47 Å². The fourth-order valence-corrected chi connectivity index (χ4v) is 4.39. The summed E-state index contributed by atoms with van der Waals surface area (Å²) in [6, 6.07) is 4.15. The first-order chi connectivity index (χ1) is 12.5. The van der Waals surface area contributed by atoms with E-state index in [-0.39, 0.29) is 30.4 Å². The summed E-state index contributed by atoms with van der Waals surface area (Å²) in [7, 11) is 3.83. The lowest BCUT2D eigenvalue weighted by molar-refractivity contribution is -0.157. The van der Waals surface area contributed by atoms with Crippen LogP contribution in [0.1, 0.15) is 30.9 Å². The second-order valence-corrected chi connectivity index (χ2v) is 7.32. The van der Waals surface area contributed by atoms with Gasteiger partial charge >= 0.3 is 5.97 Å². The molecule has 1 aromatic rings. The van der Waals surface area contributed by atoms with Crippen LogP contribution >= 0.6 is 0 Å². The molecule has 0 N–H and O–H groups in total. The average molecular weight is 359 g/mol. The first-order valence-corrected chi connectivity index (χ1v) is 9.03. The van der Waals surface area contributed by atoms with Gasteiger partial charge in [0.25, 0.3) is 0 Å². The lowest BCUT2D eigenvalue weighted by Crippen LogP contribution is -2.43. The van der Waals surface area contributed by atoms with Crippen molar-refractivity contribution in [2.24, 2.45) is 0 Å². The molecule has 2 aliphatic heterocycles. The average Bonchev–Trinajstić information content (AvgIpc) is 2.87. The summed E-state index contributed by atoms with van der Waals surface area (Å²) in [5.74, 6) is 1.32. The second kappa shape index (κ2) is 6.59. The number of nitrogens with zero attached hydrogens (tertiary/aromatic N) is 1. The summed E-state index contributed by atoms with van der Waals surface area (Å²) in [6.45, 7) is 3.25. The fraction of sp³-hybridized carbons (Fsp3) is 0.550. The molecule has 0 aromatic heterocycles. The van der Waals surface area contributed by atoms with E-state index in [1.807, 2.05) is 6.07 Å². The molecule has 3 aliphatic rings. The predicted octanol–water partition coefficient (Wildman–Crippen LogP) is 2.40. The Labute approximate surface area is 153 Å². The minimum absolute atomic E-state index is 0.00798. The van der Waals surface area contributed by atoms with E-state index in [0.29, 0.717) is 0 Å². The summed E-state index contributed by atoms with van der Waals surface area (Å²) < 4.78 is 22.6. The van der Waals surface area contributed by atoms with E-state index in [1.165, 1.54) is 18.1 Å². The van der Waals surface area contributed by atoms with Crippen molar-refractivity contribution in [3.63, 3.8) is 0 Å². The predicted molar refractivity (Wildman–Crippen MR) is 95.3 cm³/mol. The Balaban J connectivity index is 1.67. The molecule has 6 nitrogen and oxygen atoms in total. The molecule has 2 heterocycles. The molecular weight excluding hydrogens is 334 g/mol. The Hall–Kier alpha value is -2.05. The van der Waals surface area contributed by atoms with Crippen LogP contribution in [0.5, 0.6) is 11.5 Å². The van der Waals surface area contributed by atoms with Gasteiger partial charge in [-0.25, -0.2) is 0 Å². The summed E-state index contributed by atoms with van der Waals surface area (Å²) in [4.78, 5) is 13.3. The Kier molecular flexibility index (Phi) is 4.40. The molecule has 1 aromatic carbocycles. The standard InChI is InChI=1S/C20H25NO5/c1-13(22)24-12-25-15-6-7-20-8-9-21(2)11-14-4-5-16(23-3)19(18(14)20)26-17(20)10-15/h4-7,15,17H,8-12H2,1-3H3. The molecule has 6 heteroatoms. The number of benzene rings is 1. The summed E-state index contributed by atoms with van der Waals surface area (Å²) >= 11 is 0. The van der Waals surface area contributed by atoms with Crippen LogP contribution in [-0.2, 0) is 26.2 Å². The van der Waals surface area contributed by atoms with Gasteiger partial charge in [-0.3, -0.25) is 4.79 Å². The van der Waals surface area contributed by atoms with E-state index in [1.54, 1.807) is 7.11 Å². The van der Waals surface area contributed by atoms with Gasteiger partial charge in [0.1, 0.15) is 6.10 Å². The minimum Gasteiger partial charge on any atom is -0.493 e. The quantitative estimate of drug-likeness (QED) is 0.467. The molecule has 4 rings (SSSR count). The maximum absolute atomic E-state index is 10.9. The zero-order valence-corrected chi connectivity index (χ0v) is 15.5. The second-order valence-electron chi connectivity index (χ2n) is 7.32. The normalized spacial score (nSPS) is 29.3. The lowest BCUT2D eigenvalue weighted by atomic mass is 9.69. The van der Waals surface area contributed by atoms with Gasteiger partial charge in [-0.2, -0.15) is 0 Å². The van der Waals surface area contributed by atoms with E-state index >= 15 is 0 Å². The van der Waals surface area contributed by atoms with Gasteiger partial charge in [-0.15, -0.1) is 0 Å². The van der Waals surface area contributed by atoms with Crippen LogP contribution in [0.4, 0.5) is 0 Å². The highest BCUT2D eigenvalue weighted by Crippen LogP contribution is 2.55. The first kappa shape index (κ1) is 17.4. The summed E-state index contributed by atoms with van der Waals surface area (Å²) in [5.41, 5.74) is 2.42. The maximum Gasteiger partial charge on any atom is 0.304 e. The molecule has 0 saturated heterocycles. The molecule has 0 amide bonds. The van der Waals surface area contributed by atoms with E-state index in [0.717, 1.165) is 37.4 Å². The van der Waals surface area contributed by atoms with Crippen LogP contribution in [0.25, 0.3) is 0 Å². The Morgan fingerprint density at radius 1 is 1.42 bits per heavy atom. The van der Waals surface area contributed by atoms with Crippen molar-refractivity contribution in [2.75, 3.05) is 27.5 Å². The monoisotopic (exact) mass is 359 g/mol. The Morgan fingerprint density at radius 3 is 3.04 bits per heavy atom. The van der Waals surface area contributed by atoms with Gasteiger partial charge < -0.3 is 23.8 Å². The molecule has 0 radical (unpaired) electrons. The Bertz CT molecular complexity index is 746. The van der Waals surface area contributed by atoms with Crippen molar-refractivity contribution < 1.29 is 23.7 Å². The highest BCUT2D eigenvalue weighted by Gasteiger charge is 2.52. The SMILES string of the molecule is COc1ccc2c3c1OC1CC(OCOC(C)=O)C=CC31CCN(C)C2. The molecular formula is C20H25NO5. The maximum atomic E-state index is 10.9. The van der Waals surface area contributed by atoms with Gasteiger partial charge in [-0.05, 0) is 31.6 Å². The number of rotatable bonds is 4. The minimum atomic E-state index is -0.341. The smallest absolute Gasteiger partial charge is 0.304 e. The van der Waals surface area contributed by atoms with Gasteiger partial charge in [0, 0.05) is 25.5 Å². The van der Waals surface area contributed by atoms with Crippen LogP contribution in [-0.4, -0.2) is 50.6 Å². The van der Waals surface area contributed by atoms with Crippen molar-refractivity contribution in [3.8, 4) is 11.5 Å². The van der Waals surface area contributed by atoms with Crippen LogP contribution in [0, 0.1) is 0 Å². The zero-order valence-electron chi connectivity index (χ0n) is 15.5. The summed E-state index contributed by atoms with van der Waals surface area (Å²) in [6.07, 6.45) is 5.91. The van der Waals surface area contributed by atoms with E-state index in [4.69, 9.17) is 18.9 Å². The highest BCUT2D eigenvalue weighted by molar-refractivity contribution is 5.65. The fourth-order valence-electron chi connectivity index (χ4n) is 4.39. The van der Waals surface area contributed by atoms with Crippen molar-refractivity contribution in [1.29, 1.82) is 0 Å². The third kappa shape index (κ3) is 2.77. The molecule has 0 saturated carbocycles. The number of hydrogen-bond acceptors (Lipinski definition) is 6. The van der Waals surface area contributed by atoms with Crippen molar-refractivity contribution >= 4 is 5.97 Å². The number of ether oxygens (including phenoxy) is 4. The topological polar surface area (TPSA) is 57.2 Å². The first-order valence-electron chi connectivity index (χ1n) is 9.03. The molecule has 1 spiro atoms. The summed E-state index contributed by atoms with van der Waals surface area (Å²) in [5, 5.41) is 0. The molecule has 3 unspecified atom stereocenters. The van der Waals surface area contributed by atoms with E-state index in [9.17, 15) is 4.79 Å². The van der Waals surface area contributed by atoms with Crippen LogP contribution in [0.15, 0.2) is 24.3 Å². The molecule has 140 valence electrons. The Morgan fingerprint density at radius 2 is 2.27 bits per heavy atom. The number of hydrogen-bond donors (Lipinski definition) is 0. The third-order valence-corrected chi connectivity index (χ3v) is 5.67. The van der Waals surface area contributed by atoms with Crippen LogP contribution in [0.3, 0.4) is 0 Å². The van der Waals surface area contributed by atoms with Gasteiger partial charge in [0.15, 0.2) is 18.3 Å². The number of esters is 1. The van der Waals surface area contributed by atoms with Crippen molar-refractivity contribution in [3.05, 3.63) is 35.4 Å². The van der Waals surface area contributed by atoms with Gasteiger partial charge in [0.05, 0.1) is 18.6 Å². The van der Waals surface area contributed by atoms with Crippen molar-refractivity contribution in [2.45, 2.75) is 43.9 Å². The molecule has 0 fully saturated rings. The zero-order chi connectivity index (χ0) is 18.3. The van der Waals surface area contributed by atoms with Crippen molar-refractivity contribution in [1.82, 2.24) is 4.90 Å². The number of carbonyl (C=O) groups is 1. The van der Waals surface area contributed by atoms with E-state index < -0.39 is 0 Å². The molecule has 26 heavy (non-hydrogen) atoms. The molecule has 0 bridgehead atoms. The number of methoxy groups -OCH3 is 1. The van der Waals surface area contributed by atoms with Gasteiger partial charge in [0.2, 0.25) is 0 Å². The molecule has 3 atom stereocenters. The molecule has 1 aliphatic carbocycles. The van der Waals surface area contributed by atoms with Crippen LogP contribution in [0.2, 0.25) is 0 Å². The van der Waals surface area contributed by atoms with E-state index in [2.05, 4.69) is 30.2 Å².